The lowest BCUT2D eigenvalue weighted by Crippen LogP contribution is -1.93. The summed E-state index contributed by atoms with van der Waals surface area (Å²) in [5.74, 6) is -0.964. The minimum absolute atomic E-state index is 0.278. The second-order valence-electron chi connectivity index (χ2n) is 2.96. The molecule has 0 spiro atoms. The van der Waals surface area contributed by atoms with Crippen LogP contribution in [0.15, 0.2) is 12.1 Å². The first kappa shape index (κ1) is 9.71. The van der Waals surface area contributed by atoms with Crippen LogP contribution in [0.25, 0.3) is 0 Å². The van der Waals surface area contributed by atoms with Gasteiger partial charge in [0.25, 0.3) is 0 Å². The van der Waals surface area contributed by atoms with Gasteiger partial charge in [-0.3, -0.25) is 0 Å². The van der Waals surface area contributed by atoms with Gasteiger partial charge in [-0.1, -0.05) is 6.07 Å². The highest BCUT2D eigenvalue weighted by Crippen LogP contribution is 2.22. The Hall–Kier alpha value is -1.38. The second-order valence-corrected chi connectivity index (χ2v) is 2.96. The van der Waals surface area contributed by atoms with Gasteiger partial charge in [0.05, 0.1) is 0 Å². The molecule has 1 rings (SSSR count). The van der Waals surface area contributed by atoms with E-state index in [1.165, 1.54) is 6.07 Å². The van der Waals surface area contributed by atoms with E-state index in [1.54, 1.807) is 13.0 Å². The first-order valence-electron chi connectivity index (χ1n) is 4.06. The second kappa shape index (κ2) is 4.03. The first-order chi connectivity index (χ1) is 6.15. The van der Waals surface area contributed by atoms with Crippen LogP contribution in [0.1, 0.15) is 17.5 Å². The van der Waals surface area contributed by atoms with E-state index in [0.717, 1.165) is 11.8 Å². The zero-order valence-electron chi connectivity index (χ0n) is 7.38. The standard InChI is InChI=1S/C10H11FO2/c1-7-5-8(3-2-4-12)10(11)9(13)6-7/h4-6,13H,2-3H2,1H3. The molecule has 0 radical (unpaired) electrons. The predicted octanol–water partition coefficient (Wildman–Crippen LogP) is 1.97. The molecule has 0 bridgehead atoms. The van der Waals surface area contributed by atoms with Crippen molar-refractivity contribution in [1.82, 2.24) is 0 Å². The predicted molar refractivity (Wildman–Crippen MR) is 47.2 cm³/mol. The van der Waals surface area contributed by atoms with Gasteiger partial charge >= 0.3 is 0 Å². The molecule has 1 aromatic carbocycles. The molecule has 2 nitrogen and oxygen atoms in total. The lowest BCUT2D eigenvalue weighted by molar-refractivity contribution is -0.107. The molecule has 0 aliphatic rings. The summed E-state index contributed by atoms with van der Waals surface area (Å²) in [7, 11) is 0. The highest BCUT2D eigenvalue weighted by atomic mass is 19.1. The van der Waals surface area contributed by atoms with Gasteiger partial charge in [0.15, 0.2) is 11.6 Å². The van der Waals surface area contributed by atoms with Gasteiger partial charge in [-0.2, -0.15) is 0 Å². The number of aryl methyl sites for hydroxylation is 2. The molecule has 0 amide bonds. The minimum atomic E-state index is -0.618. The molecular weight excluding hydrogens is 171 g/mol. The van der Waals surface area contributed by atoms with E-state index in [4.69, 9.17) is 5.11 Å². The third-order valence-electron chi connectivity index (χ3n) is 1.80. The summed E-state index contributed by atoms with van der Waals surface area (Å²) in [5, 5.41) is 9.12. The Morgan fingerprint density at radius 1 is 1.54 bits per heavy atom. The molecule has 0 saturated heterocycles. The first-order valence-corrected chi connectivity index (χ1v) is 4.06. The summed E-state index contributed by atoms with van der Waals surface area (Å²) >= 11 is 0. The fraction of sp³-hybridized carbons (Fsp3) is 0.300. The lowest BCUT2D eigenvalue weighted by atomic mass is 10.1. The molecule has 0 aromatic heterocycles. The smallest absolute Gasteiger partial charge is 0.168 e. The number of aromatic hydroxyl groups is 1. The Kier molecular flexibility index (Phi) is 3.01. The van der Waals surface area contributed by atoms with Gasteiger partial charge in [-0.15, -0.1) is 0 Å². The van der Waals surface area contributed by atoms with Gasteiger partial charge in [-0.05, 0) is 30.5 Å². The van der Waals surface area contributed by atoms with Crippen LogP contribution in [0.3, 0.4) is 0 Å². The third-order valence-corrected chi connectivity index (χ3v) is 1.80. The summed E-state index contributed by atoms with van der Waals surface area (Å²) in [6.07, 6.45) is 1.35. The Morgan fingerprint density at radius 3 is 2.85 bits per heavy atom. The molecule has 0 heterocycles. The SMILES string of the molecule is Cc1cc(O)c(F)c(CCC=O)c1. The van der Waals surface area contributed by atoms with Crippen LogP contribution < -0.4 is 0 Å². The highest BCUT2D eigenvalue weighted by Gasteiger charge is 2.07. The fourth-order valence-corrected chi connectivity index (χ4v) is 1.22. The van der Waals surface area contributed by atoms with E-state index < -0.39 is 5.82 Å². The average molecular weight is 182 g/mol. The van der Waals surface area contributed by atoms with Gasteiger partial charge in [0.2, 0.25) is 0 Å². The van der Waals surface area contributed by atoms with E-state index in [2.05, 4.69) is 0 Å². The maximum Gasteiger partial charge on any atom is 0.168 e. The molecule has 3 heteroatoms. The van der Waals surface area contributed by atoms with Gasteiger partial charge in [0, 0.05) is 6.42 Å². The Bertz CT molecular complexity index is 321. The lowest BCUT2D eigenvalue weighted by Gasteiger charge is -2.04. The molecule has 0 aliphatic carbocycles. The van der Waals surface area contributed by atoms with E-state index in [0.29, 0.717) is 12.0 Å². The van der Waals surface area contributed by atoms with Crippen molar-refractivity contribution in [2.24, 2.45) is 0 Å². The summed E-state index contributed by atoms with van der Waals surface area (Å²) in [4.78, 5) is 10.1. The molecular formula is C10H11FO2. The van der Waals surface area contributed by atoms with Crippen LogP contribution in [0.2, 0.25) is 0 Å². The molecule has 0 fully saturated rings. The largest absolute Gasteiger partial charge is 0.505 e. The summed E-state index contributed by atoms with van der Waals surface area (Å²) in [5.41, 5.74) is 1.18. The summed E-state index contributed by atoms with van der Waals surface area (Å²) in [6.45, 7) is 1.77. The van der Waals surface area contributed by atoms with Crippen molar-refractivity contribution < 1.29 is 14.3 Å². The van der Waals surface area contributed by atoms with Gasteiger partial charge in [-0.25, -0.2) is 4.39 Å². The number of phenols is 1. The van der Waals surface area contributed by atoms with Gasteiger partial charge < -0.3 is 9.90 Å². The normalized spacial score (nSPS) is 10.0. The summed E-state index contributed by atoms with van der Waals surface area (Å²) < 4.78 is 13.1. The molecule has 1 N–H and O–H groups in total. The number of carbonyl (C=O) groups excluding carboxylic acids is 1. The Balaban J connectivity index is 2.98. The maximum absolute atomic E-state index is 13.1. The molecule has 0 atom stereocenters. The Morgan fingerprint density at radius 2 is 2.23 bits per heavy atom. The monoisotopic (exact) mass is 182 g/mol. The molecule has 0 saturated carbocycles. The third kappa shape index (κ3) is 2.28. The summed E-state index contributed by atoms with van der Waals surface area (Å²) in [6, 6.07) is 3.00. The van der Waals surface area contributed by atoms with Crippen molar-refractivity contribution in [2.75, 3.05) is 0 Å². The maximum atomic E-state index is 13.1. The van der Waals surface area contributed by atoms with Crippen molar-refractivity contribution in [1.29, 1.82) is 0 Å². The number of benzene rings is 1. The van der Waals surface area contributed by atoms with E-state index in [9.17, 15) is 9.18 Å². The highest BCUT2D eigenvalue weighted by molar-refractivity contribution is 5.50. The van der Waals surface area contributed by atoms with Crippen molar-refractivity contribution in [2.45, 2.75) is 19.8 Å². The average Bonchev–Trinajstić information content (AvgIpc) is 2.09. The van der Waals surface area contributed by atoms with Crippen molar-refractivity contribution in [3.8, 4) is 5.75 Å². The number of aldehydes is 1. The number of rotatable bonds is 3. The Labute approximate surface area is 76.0 Å². The number of halogens is 1. The zero-order chi connectivity index (χ0) is 9.84. The molecule has 70 valence electrons. The van der Waals surface area contributed by atoms with E-state index in [1.807, 2.05) is 0 Å². The molecule has 1 aromatic rings. The van der Waals surface area contributed by atoms with Crippen LogP contribution in [-0.2, 0) is 11.2 Å². The number of phenolic OH excluding ortho intramolecular Hbond substituents is 1. The van der Waals surface area contributed by atoms with Gasteiger partial charge in [0.1, 0.15) is 6.29 Å². The molecule has 0 aliphatic heterocycles. The molecule has 0 unspecified atom stereocenters. The van der Waals surface area contributed by atoms with Crippen molar-refractivity contribution in [3.63, 3.8) is 0 Å². The quantitative estimate of drug-likeness (QED) is 0.725. The minimum Gasteiger partial charge on any atom is -0.505 e. The van der Waals surface area contributed by atoms with Crippen molar-refractivity contribution in [3.05, 3.63) is 29.1 Å². The van der Waals surface area contributed by atoms with Crippen molar-refractivity contribution >= 4 is 6.29 Å². The van der Waals surface area contributed by atoms with Crippen LogP contribution >= 0.6 is 0 Å². The van der Waals surface area contributed by atoms with Crippen LogP contribution in [0.4, 0.5) is 4.39 Å². The van der Waals surface area contributed by atoms with E-state index >= 15 is 0 Å². The topological polar surface area (TPSA) is 37.3 Å². The number of hydrogen-bond donors (Lipinski definition) is 1. The number of hydrogen-bond acceptors (Lipinski definition) is 2. The van der Waals surface area contributed by atoms with Crippen LogP contribution in [0, 0.1) is 12.7 Å². The zero-order valence-corrected chi connectivity index (χ0v) is 7.38. The van der Waals surface area contributed by atoms with E-state index in [-0.39, 0.29) is 12.2 Å². The fourth-order valence-electron chi connectivity index (χ4n) is 1.22. The number of carbonyl (C=O) groups is 1. The molecule has 13 heavy (non-hydrogen) atoms. The van der Waals surface area contributed by atoms with Crippen LogP contribution in [-0.4, -0.2) is 11.4 Å². The van der Waals surface area contributed by atoms with Crippen LogP contribution in [0.5, 0.6) is 5.75 Å².